The molecule has 6 heterocycles. The van der Waals surface area contributed by atoms with E-state index in [-0.39, 0.29) is 22.4 Å². The van der Waals surface area contributed by atoms with Gasteiger partial charge in [-0.25, -0.2) is 19.9 Å². The van der Waals surface area contributed by atoms with Gasteiger partial charge in [0.25, 0.3) is 0 Å². The summed E-state index contributed by atoms with van der Waals surface area (Å²) in [7, 11) is 0. The number of aromatic amines is 2. The Morgan fingerprint density at radius 1 is 0.500 bits per heavy atom. The van der Waals surface area contributed by atoms with Crippen LogP contribution in [0.3, 0.4) is 0 Å². The van der Waals surface area contributed by atoms with E-state index in [4.69, 9.17) is 9.97 Å². The number of ketones is 2. The number of carbonyl (C=O) groups is 2. The van der Waals surface area contributed by atoms with Gasteiger partial charge < -0.3 is 19.8 Å². The molecule has 4 aromatic heterocycles. The highest BCUT2D eigenvalue weighted by molar-refractivity contribution is 6.09. The summed E-state index contributed by atoms with van der Waals surface area (Å²) in [5, 5.41) is 0. The standard InChI is InChI=1S/2C25H30N4O/c2*1-25(12-4-2-5-13-25)23(30)20-16-26-24-22(20)28-21(17-27-24)18-8-10-19(11-9-18)29-14-6-3-7-15-29/h2*8-11,16-17H,2-7,12-15H2,1H3,(H,26,27). The van der Waals surface area contributed by atoms with Crippen LogP contribution < -0.4 is 9.80 Å². The molecule has 312 valence electrons. The first-order valence-corrected chi connectivity index (χ1v) is 22.8. The van der Waals surface area contributed by atoms with Crippen LogP contribution in [0.5, 0.6) is 0 Å². The Morgan fingerprint density at radius 2 is 0.850 bits per heavy atom. The van der Waals surface area contributed by atoms with Crippen molar-refractivity contribution >= 4 is 45.3 Å². The Labute approximate surface area is 354 Å². The molecule has 0 bridgehead atoms. The van der Waals surface area contributed by atoms with Crippen molar-refractivity contribution in [2.24, 2.45) is 10.8 Å². The second-order valence-electron chi connectivity index (χ2n) is 18.4. The van der Waals surface area contributed by atoms with Crippen LogP contribution in [0.25, 0.3) is 44.8 Å². The molecule has 0 unspecified atom stereocenters. The van der Waals surface area contributed by atoms with Crippen LogP contribution in [0.1, 0.15) is 137 Å². The fourth-order valence-corrected chi connectivity index (χ4v) is 10.2. The van der Waals surface area contributed by atoms with E-state index in [2.05, 4.69) is 92.1 Å². The number of hydrogen-bond acceptors (Lipinski definition) is 8. The van der Waals surface area contributed by atoms with Gasteiger partial charge in [0.05, 0.1) is 34.9 Å². The van der Waals surface area contributed by atoms with Crippen LogP contribution in [0, 0.1) is 10.8 Å². The number of carbonyl (C=O) groups excluding carboxylic acids is 2. The van der Waals surface area contributed by atoms with Gasteiger partial charge in [0.1, 0.15) is 11.0 Å². The van der Waals surface area contributed by atoms with Crippen LogP contribution in [0.2, 0.25) is 0 Å². The predicted octanol–water partition coefficient (Wildman–Crippen LogP) is 11.5. The molecule has 4 fully saturated rings. The second-order valence-corrected chi connectivity index (χ2v) is 18.4. The Hall–Kier alpha value is -5.38. The predicted molar refractivity (Wildman–Crippen MR) is 242 cm³/mol. The van der Waals surface area contributed by atoms with Crippen LogP contribution in [-0.2, 0) is 0 Å². The van der Waals surface area contributed by atoms with E-state index in [0.717, 1.165) is 100 Å². The molecular formula is C50H60N8O2. The van der Waals surface area contributed by atoms with Gasteiger partial charge in [-0.15, -0.1) is 0 Å². The van der Waals surface area contributed by atoms with Crippen molar-refractivity contribution < 1.29 is 9.59 Å². The number of rotatable bonds is 8. The fraction of sp³-hybridized carbons (Fsp3) is 0.480. The first-order chi connectivity index (χ1) is 29.3. The number of piperidine rings is 2. The van der Waals surface area contributed by atoms with E-state index in [1.165, 1.54) is 62.7 Å². The number of nitrogens with one attached hydrogen (secondary N) is 2. The van der Waals surface area contributed by atoms with E-state index in [0.29, 0.717) is 33.5 Å². The van der Waals surface area contributed by atoms with Gasteiger partial charge in [-0.2, -0.15) is 0 Å². The Morgan fingerprint density at radius 3 is 1.22 bits per heavy atom. The first kappa shape index (κ1) is 40.0. The molecule has 0 atom stereocenters. The molecular weight excluding hydrogens is 745 g/mol. The SMILES string of the molecule is CC1(C(=O)c2c[nH]c3ncc(-c4ccc(N5CCCCC5)cc4)nc23)CCCCC1.CC1(C(=O)c2c[nH]c3ncc(-c4ccc(N5CCCCC5)cc4)nc23)CCCCC1. The van der Waals surface area contributed by atoms with Crippen molar-refractivity contribution in [1.82, 2.24) is 29.9 Å². The lowest BCUT2D eigenvalue weighted by atomic mass is 9.71. The molecule has 6 aromatic rings. The van der Waals surface area contributed by atoms with E-state index >= 15 is 0 Å². The maximum atomic E-state index is 13.4. The third-order valence-corrected chi connectivity index (χ3v) is 14.0. The maximum Gasteiger partial charge on any atom is 0.172 e. The van der Waals surface area contributed by atoms with E-state index in [1.807, 2.05) is 0 Å². The Kier molecular flexibility index (Phi) is 11.6. The molecule has 4 aliphatic rings. The summed E-state index contributed by atoms with van der Waals surface area (Å²) >= 11 is 0. The van der Waals surface area contributed by atoms with E-state index < -0.39 is 0 Å². The molecule has 2 aliphatic carbocycles. The smallest absolute Gasteiger partial charge is 0.172 e. The van der Waals surface area contributed by atoms with E-state index in [9.17, 15) is 9.59 Å². The number of anilines is 2. The summed E-state index contributed by atoms with van der Waals surface area (Å²) in [6, 6.07) is 17.2. The third kappa shape index (κ3) is 8.22. The Balaban J connectivity index is 0.000000154. The molecule has 2 N–H and O–H groups in total. The van der Waals surface area contributed by atoms with Gasteiger partial charge in [-0.05, 0) is 88.5 Å². The molecule has 10 rings (SSSR count). The van der Waals surface area contributed by atoms with Gasteiger partial charge in [-0.3, -0.25) is 9.59 Å². The highest BCUT2D eigenvalue weighted by atomic mass is 16.1. The number of nitrogens with zero attached hydrogens (tertiary/aromatic N) is 6. The number of H-pyrrole nitrogens is 2. The number of benzene rings is 2. The third-order valence-electron chi connectivity index (χ3n) is 14.0. The van der Waals surface area contributed by atoms with Crippen LogP contribution >= 0.6 is 0 Å². The zero-order chi connectivity index (χ0) is 41.1. The minimum absolute atomic E-state index is 0.209. The second kappa shape index (κ2) is 17.3. The van der Waals surface area contributed by atoms with Crippen molar-refractivity contribution in [3.63, 3.8) is 0 Å². The lowest BCUT2D eigenvalue weighted by molar-refractivity contribution is 0.0745. The largest absolute Gasteiger partial charge is 0.372 e. The summed E-state index contributed by atoms with van der Waals surface area (Å²) in [6.45, 7) is 8.78. The van der Waals surface area contributed by atoms with Gasteiger partial charge in [0.2, 0.25) is 0 Å². The summed E-state index contributed by atoms with van der Waals surface area (Å²) in [5.74, 6) is 0.417. The van der Waals surface area contributed by atoms with Crippen molar-refractivity contribution in [3.8, 4) is 22.5 Å². The van der Waals surface area contributed by atoms with Gasteiger partial charge in [-0.1, -0.05) is 76.6 Å². The van der Waals surface area contributed by atoms with Gasteiger partial charge >= 0.3 is 0 Å². The summed E-state index contributed by atoms with van der Waals surface area (Å²) < 4.78 is 0. The normalized spacial score (nSPS) is 19.2. The van der Waals surface area contributed by atoms with Crippen LogP contribution in [-0.4, -0.2) is 67.6 Å². The molecule has 10 heteroatoms. The van der Waals surface area contributed by atoms with Crippen molar-refractivity contribution in [2.75, 3.05) is 36.0 Å². The number of fused-ring (bicyclic) bond motifs is 2. The highest BCUT2D eigenvalue weighted by Crippen LogP contribution is 2.41. The van der Waals surface area contributed by atoms with Crippen LogP contribution in [0.4, 0.5) is 11.4 Å². The molecule has 0 radical (unpaired) electrons. The molecule has 60 heavy (non-hydrogen) atoms. The van der Waals surface area contributed by atoms with E-state index in [1.54, 1.807) is 24.8 Å². The highest BCUT2D eigenvalue weighted by Gasteiger charge is 2.38. The zero-order valence-electron chi connectivity index (χ0n) is 35.6. The fourth-order valence-electron chi connectivity index (χ4n) is 10.2. The van der Waals surface area contributed by atoms with Crippen molar-refractivity contribution in [3.05, 3.63) is 84.4 Å². The summed E-state index contributed by atoms with van der Waals surface area (Å²) in [6.07, 6.45) is 25.8. The minimum Gasteiger partial charge on any atom is -0.372 e. The monoisotopic (exact) mass is 804 g/mol. The van der Waals surface area contributed by atoms with Gasteiger partial charge in [0, 0.05) is 71.9 Å². The minimum atomic E-state index is -0.277. The first-order valence-electron chi connectivity index (χ1n) is 22.8. The molecule has 10 nitrogen and oxygen atoms in total. The van der Waals surface area contributed by atoms with Crippen LogP contribution in [0.15, 0.2) is 73.3 Å². The number of Topliss-reactive ketones (excluding diaryl/α,β-unsaturated/α-hetero) is 2. The lowest BCUT2D eigenvalue weighted by Gasteiger charge is -2.31. The zero-order valence-corrected chi connectivity index (χ0v) is 35.6. The van der Waals surface area contributed by atoms with Crippen molar-refractivity contribution in [2.45, 2.75) is 117 Å². The molecule has 2 aliphatic heterocycles. The lowest BCUT2D eigenvalue weighted by Crippen LogP contribution is -2.30. The summed E-state index contributed by atoms with van der Waals surface area (Å²) in [5.41, 5.74) is 9.84. The molecule has 0 spiro atoms. The summed E-state index contributed by atoms with van der Waals surface area (Å²) in [4.78, 5) is 56.8. The average molecular weight is 805 g/mol. The number of aromatic nitrogens is 6. The maximum absolute atomic E-state index is 13.4. The van der Waals surface area contributed by atoms with Crippen molar-refractivity contribution in [1.29, 1.82) is 0 Å². The average Bonchev–Trinajstić information content (AvgIpc) is 3.94. The molecule has 2 aromatic carbocycles. The molecule has 2 saturated carbocycles. The quantitative estimate of drug-likeness (QED) is 0.146. The number of hydrogen-bond donors (Lipinski definition) is 2. The molecule has 0 amide bonds. The van der Waals surface area contributed by atoms with Gasteiger partial charge in [0.15, 0.2) is 22.9 Å². The molecule has 2 saturated heterocycles. The Bertz CT molecular complexity index is 2250. The topological polar surface area (TPSA) is 124 Å².